The molecule has 0 aliphatic heterocycles. The molecule has 0 bridgehead atoms. The first-order valence-corrected chi connectivity index (χ1v) is 7.39. The second-order valence-corrected chi connectivity index (χ2v) is 4.99. The van der Waals surface area contributed by atoms with Gasteiger partial charge in [0.2, 0.25) is 0 Å². The van der Waals surface area contributed by atoms with Gasteiger partial charge in [0.25, 0.3) is 0 Å². The molecule has 0 unspecified atom stereocenters. The van der Waals surface area contributed by atoms with E-state index in [-0.39, 0.29) is 24.0 Å². The molecule has 22 heavy (non-hydrogen) atoms. The minimum atomic E-state index is 0. The van der Waals surface area contributed by atoms with Crippen LogP contribution in [0.15, 0.2) is 41.9 Å². The zero-order valence-electron chi connectivity index (χ0n) is 13.8. The molecule has 0 atom stereocenters. The van der Waals surface area contributed by atoms with E-state index in [1.54, 1.807) is 7.05 Å². The van der Waals surface area contributed by atoms with Crippen molar-refractivity contribution in [2.45, 2.75) is 19.8 Å². The highest BCUT2D eigenvalue weighted by Gasteiger charge is 2.04. The Hall–Kier alpha value is -1.24. The van der Waals surface area contributed by atoms with E-state index in [2.05, 4.69) is 34.8 Å². The van der Waals surface area contributed by atoms with Crippen molar-refractivity contribution in [1.29, 1.82) is 0 Å². The summed E-state index contributed by atoms with van der Waals surface area (Å²) in [4.78, 5) is 6.40. The van der Waals surface area contributed by atoms with Crippen LogP contribution in [0, 0.1) is 6.92 Å². The van der Waals surface area contributed by atoms with E-state index in [9.17, 15) is 0 Å². The molecule has 0 spiro atoms. The number of hydrogen-bond acceptors (Lipinski definition) is 2. The van der Waals surface area contributed by atoms with Crippen molar-refractivity contribution >= 4 is 29.9 Å². The number of hydrogen-bond donors (Lipinski definition) is 1. The van der Waals surface area contributed by atoms with E-state index < -0.39 is 0 Å². The van der Waals surface area contributed by atoms with Gasteiger partial charge in [-0.15, -0.1) is 30.6 Å². The van der Waals surface area contributed by atoms with Crippen LogP contribution >= 0.6 is 24.0 Å². The summed E-state index contributed by atoms with van der Waals surface area (Å²) in [6, 6.07) is 8.08. The zero-order chi connectivity index (χ0) is 15.5. The highest BCUT2D eigenvalue weighted by Crippen LogP contribution is 2.11. The van der Waals surface area contributed by atoms with Gasteiger partial charge < -0.3 is 15.0 Å². The second kappa shape index (κ2) is 12.3. The molecule has 0 aliphatic rings. The highest BCUT2D eigenvalue weighted by atomic mass is 127. The average molecular weight is 417 g/mol. The van der Waals surface area contributed by atoms with Gasteiger partial charge in [0.1, 0.15) is 12.4 Å². The smallest absolute Gasteiger partial charge is 0.193 e. The molecule has 0 saturated carbocycles. The van der Waals surface area contributed by atoms with Gasteiger partial charge in [-0.1, -0.05) is 18.2 Å². The molecule has 5 heteroatoms. The van der Waals surface area contributed by atoms with Gasteiger partial charge in [-0.25, -0.2) is 0 Å². The van der Waals surface area contributed by atoms with Crippen molar-refractivity contribution in [3.63, 3.8) is 0 Å². The number of guanidine groups is 1. The number of allylic oxidation sites excluding steroid dienone is 1. The Balaban J connectivity index is 0.00000441. The van der Waals surface area contributed by atoms with Crippen LogP contribution in [0.3, 0.4) is 0 Å². The lowest BCUT2D eigenvalue weighted by atomic mass is 10.2. The number of nitrogens with one attached hydrogen (secondary N) is 1. The van der Waals surface area contributed by atoms with Gasteiger partial charge in [-0.3, -0.25) is 4.99 Å². The molecule has 0 amide bonds. The number of benzene rings is 1. The lowest BCUT2D eigenvalue weighted by Crippen LogP contribution is -2.41. The minimum Gasteiger partial charge on any atom is -0.492 e. The Kier molecular flexibility index (Phi) is 11.6. The molecule has 0 saturated heterocycles. The number of halogens is 1. The first kappa shape index (κ1) is 20.8. The van der Waals surface area contributed by atoms with Gasteiger partial charge in [-0.2, -0.15) is 0 Å². The molecule has 0 fully saturated rings. The maximum atomic E-state index is 5.71. The molecule has 4 nitrogen and oxygen atoms in total. The SMILES string of the molecule is C=CCCCN(C)C(=NC)NCCOc1cccc(C)c1.I. The quantitative estimate of drug-likeness (QED) is 0.231. The number of aryl methyl sites for hydroxylation is 1. The second-order valence-electron chi connectivity index (χ2n) is 4.99. The predicted octanol–water partition coefficient (Wildman–Crippen LogP) is 3.47. The third kappa shape index (κ3) is 8.26. The number of rotatable bonds is 8. The van der Waals surface area contributed by atoms with Crippen LogP contribution in [0.2, 0.25) is 0 Å². The van der Waals surface area contributed by atoms with Crippen LogP contribution in [0.25, 0.3) is 0 Å². The monoisotopic (exact) mass is 417 g/mol. The summed E-state index contributed by atoms with van der Waals surface area (Å²) in [7, 11) is 3.84. The Morgan fingerprint density at radius 3 is 2.86 bits per heavy atom. The van der Waals surface area contributed by atoms with Crippen LogP contribution in [-0.4, -0.2) is 44.7 Å². The average Bonchev–Trinajstić information content (AvgIpc) is 2.47. The topological polar surface area (TPSA) is 36.9 Å². The molecular formula is C17H28IN3O. The Labute approximate surface area is 151 Å². The Bertz CT molecular complexity index is 463. The molecule has 1 aromatic rings. The van der Waals surface area contributed by atoms with Crippen LogP contribution in [0.4, 0.5) is 0 Å². The summed E-state index contributed by atoms with van der Waals surface area (Å²) in [5.74, 6) is 1.80. The number of nitrogens with zero attached hydrogens (tertiary/aromatic N) is 2. The molecule has 1 N–H and O–H groups in total. The van der Waals surface area contributed by atoms with E-state index in [1.165, 1.54) is 5.56 Å². The van der Waals surface area contributed by atoms with E-state index in [0.29, 0.717) is 6.61 Å². The van der Waals surface area contributed by atoms with Crippen molar-refractivity contribution < 1.29 is 4.74 Å². The highest BCUT2D eigenvalue weighted by molar-refractivity contribution is 14.0. The summed E-state index contributed by atoms with van der Waals surface area (Å²) >= 11 is 0. The summed E-state index contributed by atoms with van der Waals surface area (Å²) in [5, 5.41) is 3.31. The van der Waals surface area contributed by atoms with E-state index >= 15 is 0 Å². The molecule has 1 rings (SSSR count). The van der Waals surface area contributed by atoms with Crippen molar-refractivity contribution in [3.8, 4) is 5.75 Å². The molecular weight excluding hydrogens is 389 g/mol. The standard InChI is InChI=1S/C17H27N3O.HI/c1-5-6-7-12-20(4)17(18-3)19-11-13-21-16-10-8-9-15(2)14-16;/h5,8-10,14H,1,6-7,11-13H2,2-4H3,(H,18,19);1H. The molecule has 0 aromatic heterocycles. The minimum absolute atomic E-state index is 0. The maximum absolute atomic E-state index is 5.71. The fourth-order valence-electron chi connectivity index (χ4n) is 2.00. The van der Waals surface area contributed by atoms with Gasteiger partial charge in [0.15, 0.2) is 5.96 Å². The molecule has 124 valence electrons. The zero-order valence-corrected chi connectivity index (χ0v) is 16.2. The van der Waals surface area contributed by atoms with Crippen LogP contribution < -0.4 is 10.1 Å². The van der Waals surface area contributed by atoms with Crippen LogP contribution in [0.5, 0.6) is 5.75 Å². The lowest BCUT2D eigenvalue weighted by molar-refractivity contribution is 0.319. The maximum Gasteiger partial charge on any atom is 0.193 e. The normalized spacial score (nSPS) is 10.6. The summed E-state index contributed by atoms with van der Waals surface area (Å²) in [5.41, 5.74) is 1.21. The van der Waals surface area contributed by atoms with Crippen molar-refractivity contribution in [3.05, 3.63) is 42.5 Å². The predicted molar refractivity (Wildman–Crippen MR) is 106 cm³/mol. The molecule has 1 aromatic carbocycles. The van der Waals surface area contributed by atoms with Crippen molar-refractivity contribution in [2.24, 2.45) is 4.99 Å². The summed E-state index contributed by atoms with van der Waals surface area (Å²) < 4.78 is 5.71. The fraction of sp³-hybridized carbons (Fsp3) is 0.471. The van der Waals surface area contributed by atoms with E-state index in [4.69, 9.17) is 4.74 Å². The molecule has 0 heterocycles. The first-order valence-electron chi connectivity index (χ1n) is 7.39. The Morgan fingerprint density at radius 1 is 1.45 bits per heavy atom. The summed E-state index contributed by atoms with van der Waals surface area (Å²) in [6.45, 7) is 8.10. The third-order valence-electron chi connectivity index (χ3n) is 3.12. The number of unbranched alkanes of at least 4 members (excludes halogenated alkanes) is 1. The van der Waals surface area contributed by atoms with Gasteiger partial charge in [-0.05, 0) is 37.5 Å². The molecule has 0 aliphatic carbocycles. The van der Waals surface area contributed by atoms with Gasteiger partial charge in [0.05, 0.1) is 6.54 Å². The number of ether oxygens (including phenoxy) is 1. The van der Waals surface area contributed by atoms with Crippen LogP contribution in [-0.2, 0) is 0 Å². The number of aliphatic imine (C=N–C) groups is 1. The Morgan fingerprint density at radius 2 is 2.23 bits per heavy atom. The van der Waals surface area contributed by atoms with E-state index in [0.717, 1.165) is 37.6 Å². The fourth-order valence-corrected chi connectivity index (χ4v) is 2.00. The lowest BCUT2D eigenvalue weighted by Gasteiger charge is -2.21. The third-order valence-corrected chi connectivity index (χ3v) is 3.12. The van der Waals surface area contributed by atoms with Crippen molar-refractivity contribution in [1.82, 2.24) is 10.2 Å². The van der Waals surface area contributed by atoms with Crippen molar-refractivity contribution in [2.75, 3.05) is 33.8 Å². The first-order chi connectivity index (χ1) is 10.2. The van der Waals surface area contributed by atoms with Crippen LogP contribution in [0.1, 0.15) is 18.4 Å². The molecule has 0 radical (unpaired) electrons. The summed E-state index contributed by atoms with van der Waals surface area (Å²) in [6.07, 6.45) is 4.05. The largest absolute Gasteiger partial charge is 0.492 e. The van der Waals surface area contributed by atoms with Gasteiger partial charge in [0, 0.05) is 20.6 Å². The van der Waals surface area contributed by atoms with Gasteiger partial charge >= 0.3 is 0 Å². The van der Waals surface area contributed by atoms with E-state index in [1.807, 2.05) is 31.3 Å².